The summed E-state index contributed by atoms with van der Waals surface area (Å²) in [6, 6.07) is 7.29. The quantitative estimate of drug-likeness (QED) is 0.487. The van der Waals surface area contributed by atoms with Crippen molar-refractivity contribution in [3.05, 3.63) is 34.3 Å². The monoisotopic (exact) mass is 509 g/mol. The van der Waals surface area contributed by atoms with Gasteiger partial charge in [0.1, 0.15) is 30.5 Å². The van der Waals surface area contributed by atoms with Crippen molar-refractivity contribution in [2.45, 2.75) is 89.8 Å². The van der Waals surface area contributed by atoms with Gasteiger partial charge in [0.15, 0.2) is 17.8 Å². The Morgan fingerprint density at radius 3 is 2.25 bits per heavy atom. The van der Waals surface area contributed by atoms with Crippen molar-refractivity contribution in [1.29, 1.82) is 0 Å². The van der Waals surface area contributed by atoms with Crippen LogP contribution >= 0.6 is 15.9 Å². The summed E-state index contributed by atoms with van der Waals surface area (Å²) in [7, 11) is 0. The van der Waals surface area contributed by atoms with E-state index in [0.29, 0.717) is 6.61 Å². The van der Waals surface area contributed by atoms with Crippen LogP contribution in [-0.4, -0.2) is 65.1 Å². The molecular weight excluding hydrogens is 478 g/mol. The zero-order chi connectivity index (χ0) is 23.3. The Kier molecular flexibility index (Phi) is 6.76. The highest BCUT2D eigenvalue weighted by atomic mass is 79.9. The largest absolute Gasteiger partial charge is 0.349 e. The van der Waals surface area contributed by atoms with Crippen molar-refractivity contribution in [1.82, 2.24) is 5.06 Å². The van der Waals surface area contributed by atoms with Gasteiger partial charge >= 0.3 is 0 Å². The summed E-state index contributed by atoms with van der Waals surface area (Å²) < 4.78 is 31.4. The van der Waals surface area contributed by atoms with Crippen LogP contribution in [0.4, 0.5) is 0 Å². The van der Waals surface area contributed by atoms with Crippen molar-refractivity contribution >= 4 is 15.9 Å². The molecule has 3 aliphatic heterocycles. The third-order valence-electron chi connectivity index (χ3n) is 5.85. The average molecular weight is 510 g/mol. The molecule has 0 spiro atoms. The molecule has 0 amide bonds. The second-order valence-electron chi connectivity index (χ2n) is 9.77. The molecule has 0 aromatic heterocycles. The van der Waals surface area contributed by atoms with Gasteiger partial charge in [0.05, 0.1) is 6.61 Å². The standard InChI is InChI=1S/C24H32BrNO6/c1-14(2)17(12-9-15-7-10-16(25)11-8-15)26(27)22-21-20(31-24(5,6)32-21)19(29-22)18-13-28-23(3,4)30-18/h7-8,10-11,14,17-22,27H,13H2,1-6H3/t17-,18+,19+,20-,21-,22-/m0/s1. The first kappa shape index (κ1) is 24.1. The van der Waals surface area contributed by atoms with Gasteiger partial charge in [0.25, 0.3) is 0 Å². The van der Waals surface area contributed by atoms with Crippen LogP contribution in [0.25, 0.3) is 0 Å². The average Bonchev–Trinajstić information content (AvgIpc) is 3.32. The molecule has 32 heavy (non-hydrogen) atoms. The zero-order valence-corrected chi connectivity index (χ0v) is 21.0. The van der Waals surface area contributed by atoms with E-state index in [2.05, 4.69) is 27.8 Å². The molecule has 3 aliphatic rings. The fourth-order valence-electron chi connectivity index (χ4n) is 4.38. The molecule has 3 heterocycles. The van der Waals surface area contributed by atoms with E-state index in [4.69, 9.17) is 23.7 Å². The maximum Gasteiger partial charge on any atom is 0.164 e. The van der Waals surface area contributed by atoms with E-state index in [1.807, 2.05) is 65.8 Å². The van der Waals surface area contributed by atoms with E-state index in [1.165, 1.54) is 5.06 Å². The Morgan fingerprint density at radius 1 is 1.00 bits per heavy atom. The lowest BCUT2D eigenvalue weighted by Gasteiger charge is -2.33. The molecule has 1 aromatic carbocycles. The first-order valence-electron chi connectivity index (χ1n) is 11.0. The Morgan fingerprint density at radius 2 is 1.66 bits per heavy atom. The number of ether oxygens (including phenoxy) is 5. The Hall–Kier alpha value is -1.02. The molecule has 7 nitrogen and oxygen atoms in total. The second-order valence-corrected chi connectivity index (χ2v) is 10.7. The predicted octanol–water partition coefficient (Wildman–Crippen LogP) is 3.91. The highest BCUT2D eigenvalue weighted by Gasteiger charge is 2.60. The first-order valence-corrected chi connectivity index (χ1v) is 11.8. The molecule has 0 unspecified atom stereocenters. The summed E-state index contributed by atoms with van der Waals surface area (Å²) in [4.78, 5) is 0. The van der Waals surface area contributed by atoms with Gasteiger partial charge in [-0.05, 0) is 57.9 Å². The van der Waals surface area contributed by atoms with Crippen molar-refractivity contribution in [2.75, 3.05) is 6.61 Å². The number of rotatable bonds is 4. The molecule has 3 fully saturated rings. The van der Waals surface area contributed by atoms with E-state index in [9.17, 15) is 5.21 Å². The normalized spacial score (nSPS) is 33.9. The van der Waals surface area contributed by atoms with Crippen LogP contribution in [0.5, 0.6) is 0 Å². The van der Waals surface area contributed by atoms with Crippen molar-refractivity contribution < 1.29 is 28.9 Å². The first-order chi connectivity index (χ1) is 15.0. The molecule has 6 atom stereocenters. The molecule has 8 heteroatoms. The highest BCUT2D eigenvalue weighted by Crippen LogP contribution is 2.43. The summed E-state index contributed by atoms with van der Waals surface area (Å²) in [6.07, 6.45) is -2.37. The number of hydrogen-bond donors (Lipinski definition) is 1. The van der Waals surface area contributed by atoms with E-state index in [-0.39, 0.29) is 18.1 Å². The maximum atomic E-state index is 11.3. The van der Waals surface area contributed by atoms with Gasteiger partial charge in [-0.15, -0.1) is 5.06 Å². The molecule has 1 N–H and O–H groups in total. The van der Waals surface area contributed by atoms with Crippen LogP contribution in [0.3, 0.4) is 0 Å². The topological polar surface area (TPSA) is 69.6 Å². The summed E-state index contributed by atoms with van der Waals surface area (Å²) >= 11 is 3.43. The van der Waals surface area contributed by atoms with Gasteiger partial charge in [-0.3, -0.25) is 0 Å². The van der Waals surface area contributed by atoms with E-state index >= 15 is 0 Å². The predicted molar refractivity (Wildman–Crippen MR) is 121 cm³/mol. The Bertz CT molecular complexity index is 877. The fraction of sp³-hybridized carbons (Fsp3) is 0.667. The number of fused-ring (bicyclic) bond motifs is 1. The third kappa shape index (κ3) is 5.06. The number of hydroxylamine groups is 2. The SMILES string of the molecule is CC(C)[C@H](C#Cc1ccc(Br)cc1)N(O)[C@H]1O[C@H]([C@H]2COC(C)(C)O2)[C@@H]2OC(C)(C)O[C@@H]21. The van der Waals surface area contributed by atoms with Crippen LogP contribution in [0, 0.1) is 17.8 Å². The number of hydrogen-bond acceptors (Lipinski definition) is 7. The van der Waals surface area contributed by atoms with Gasteiger partial charge < -0.3 is 28.9 Å². The summed E-state index contributed by atoms with van der Waals surface area (Å²) in [6.45, 7) is 11.9. The highest BCUT2D eigenvalue weighted by molar-refractivity contribution is 9.10. The third-order valence-corrected chi connectivity index (χ3v) is 6.38. The molecule has 176 valence electrons. The molecule has 0 saturated carbocycles. The van der Waals surface area contributed by atoms with Gasteiger partial charge in [0, 0.05) is 10.0 Å². The van der Waals surface area contributed by atoms with Crippen molar-refractivity contribution in [2.24, 2.45) is 5.92 Å². The van der Waals surface area contributed by atoms with Crippen LogP contribution in [0.2, 0.25) is 0 Å². The second kappa shape index (κ2) is 8.97. The Balaban J connectivity index is 1.56. The lowest BCUT2D eigenvalue weighted by molar-refractivity contribution is -0.281. The van der Waals surface area contributed by atoms with Crippen LogP contribution in [0.1, 0.15) is 47.1 Å². The maximum absolute atomic E-state index is 11.3. The van der Waals surface area contributed by atoms with Crippen LogP contribution < -0.4 is 0 Å². The van der Waals surface area contributed by atoms with Gasteiger partial charge in [-0.25, -0.2) is 0 Å². The molecule has 3 saturated heterocycles. The smallest absolute Gasteiger partial charge is 0.164 e. The molecule has 1 aromatic rings. The van der Waals surface area contributed by atoms with Crippen LogP contribution in [-0.2, 0) is 23.7 Å². The number of nitrogens with zero attached hydrogens (tertiary/aromatic N) is 1. The minimum Gasteiger partial charge on any atom is -0.349 e. The minimum absolute atomic E-state index is 0.0457. The zero-order valence-electron chi connectivity index (χ0n) is 19.4. The molecular formula is C24H32BrNO6. The summed E-state index contributed by atoms with van der Waals surface area (Å²) in [5.41, 5.74) is 0.871. The van der Waals surface area contributed by atoms with E-state index < -0.39 is 36.1 Å². The lowest BCUT2D eigenvalue weighted by Crippen LogP contribution is -2.49. The number of halogens is 1. The van der Waals surface area contributed by atoms with Crippen molar-refractivity contribution in [3.63, 3.8) is 0 Å². The molecule has 0 radical (unpaired) electrons. The van der Waals surface area contributed by atoms with E-state index in [1.54, 1.807) is 0 Å². The van der Waals surface area contributed by atoms with Gasteiger partial charge in [0.2, 0.25) is 0 Å². The minimum atomic E-state index is -0.790. The molecule has 0 bridgehead atoms. The fourth-order valence-corrected chi connectivity index (χ4v) is 4.65. The van der Waals surface area contributed by atoms with Gasteiger partial charge in [-0.1, -0.05) is 41.6 Å². The summed E-state index contributed by atoms with van der Waals surface area (Å²) in [5.74, 6) is 4.94. The number of benzene rings is 1. The summed E-state index contributed by atoms with van der Waals surface area (Å²) in [5, 5.41) is 12.5. The molecule has 4 rings (SSSR count). The van der Waals surface area contributed by atoms with Crippen molar-refractivity contribution in [3.8, 4) is 11.8 Å². The van der Waals surface area contributed by atoms with Gasteiger partial charge in [-0.2, -0.15) is 0 Å². The molecule has 0 aliphatic carbocycles. The van der Waals surface area contributed by atoms with E-state index in [0.717, 1.165) is 10.0 Å². The lowest BCUT2D eigenvalue weighted by atomic mass is 10.0. The van der Waals surface area contributed by atoms with Crippen LogP contribution in [0.15, 0.2) is 28.7 Å². The Labute approximate surface area is 198 Å².